The Morgan fingerprint density at radius 2 is 1.16 bits per heavy atom. The van der Waals surface area contributed by atoms with Gasteiger partial charge in [-0.3, -0.25) is 45.7 Å². The van der Waals surface area contributed by atoms with E-state index in [1.165, 1.54) is 21.1 Å². The molecule has 2 saturated heterocycles. The van der Waals surface area contributed by atoms with Crippen LogP contribution in [0.1, 0.15) is 90.7 Å². The van der Waals surface area contributed by atoms with Crippen LogP contribution < -0.4 is 0 Å². The summed E-state index contributed by atoms with van der Waals surface area (Å²) in [5.41, 5.74) is 0.718. The lowest BCUT2D eigenvalue weighted by atomic mass is 10.1. The number of hydrogen-bond acceptors (Lipinski definition) is 19. The van der Waals surface area contributed by atoms with E-state index in [2.05, 4.69) is 19.4 Å². The Balaban J connectivity index is 1.22. The molecule has 28 heteroatoms. The highest BCUT2D eigenvalue weighted by atomic mass is 31.2. The van der Waals surface area contributed by atoms with Gasteiger partial charge < -0.3 is 38.5 Å². The zero-order valence-corrected chi connectivity index (χ0v) is 39.7. The topological polar surface area (TPSA) is 308 Å². The van der Waals surface area contributed by atoms with Gasteiger partial charge in [0.05, 0.1) is 50.9 Å². The Kier molecular flexibility index (Phi) is 24.2. The third kappa shape index (κ3) is 19.9. The molecule has 0 bridgehead atoms. The number of hydrogen-bond donors (Lipinski definition) is 4. The van der Waals surface area contributed by atoms with Crippen LogP contribution in [0.5, 0.6) is 0 Å². The van der Waals surface area contributed by atoms with Crippen molar-refractivity contribution in [1.82, 2.24) is 15.0 Å². The van der Waals surface area contributed by atoms with Crippen molar-refractivity contribution in [3.8, 4) is 0 Å². The van der Waals surface area contributed by atoms with Crippen LogP contribution >= 0.6 is 31.3 Å². The molecular weight excluding hydrogens is 910 g/mol. The van der Waals surface area contributed by atoms with Gasteiger partial charge >= 0.3 is 31.3 Å². The quantitative estimate of drug-likeness (QED) is 0.0531. The molecule has 4 N–H and O–H groups in total. The molecule has 2 aliphatic heterocycles. The highest BCUT2D eigenvalue weighted by molar-refractivity contribution is 7.48. The molecule has 24 nitrogen and oxygen atoms in total. The second-order valence-corrected chi connectivity index (χ2v) is 20.4. The van der Waals surface area contributed by atoms with Crippen molar-refractivity contribution < 1.29 is 97.8 Å². The van der Waals surface area contributed by atoms with E-state index in [0.29, 0.717) is 64.3 Å². The zero-order valence-electron chi connectivity index (χ0n) is 36.1. The lowest BCUT2D eigenvalue weighted by molar-refractivity contribution is -0.119. The summed E-state index contributed by atoms with van der Waals surface area (Å²) in [6.45, 7) is 4.25. The van der Waals surface area contributed by atoms with E-state index < -0.39 is 93.3 Å². The summed E-state index contributed by atoms with van der Waals surface area (Å²) in [6.07, 6.45) is 1.36. The van der Waals surface area contributed by atoms with Gasteiger partial charge in [0, 0.05) is 46.9 Å². The number of phosphoric acid groups is 4. The third-order valence-electron chi connectivity index (χ3n) is 9.83. The van der Waals surface area contributed by atoms with E-state index >= 15 is 0 Å². The largest absolute Gasteiger partial charge is 0.472 e. The zero-order chi connectivity index (χ0) is 46.0. The summed E-state index contributed by atoms with van der Waals surface area (Å²) in [6, 6.07) is 0. The number of carbonyl (C=O) groups is 1. The van der Waals surface area contributed by atoms with Gasteiger partial charge in [0.2, 0.25) is 0 Å². The molecule has 12 atom stereocenters. The molecule has 3 heterocycles. The van der Waals surface area contributed by atoms with Crippen molar-refractivity contribution in [3.63, 3.8) is 0 Å². The number of methoxy groups -OCH3 is 2. The lowest BCUT2D eigenvalue weighted by Crippen LogP contribution is -2.37. The molecule has 62 heavy (non-hydrogen) atoms. The first-order chi connectivity index (χ1) is 29.2. The van der Waals surface area contributed by atoms with E-state index in [1.54, 1.807) is 24.7 Å². The number of aryl methyl sites for hydroxylation is 2. The molecule has 0 spiro atoms. The van der Waals surface area contributed by atoms with Crippen LogP contribution in [0.3, 0.4) is 0 Å². The molecule has 1 aromatic rings. The van der Waals surface area contributed by atoms with Crippen molar-refractivity contribution in [2.75, 3.05) is 54.4 Å². The minimum absolute atomic E-state index is 0.0482. The van der Waals surface area contributed by atoms with E-state index in [1.807, 2.05) is 0 Å². The van der Waals surface area contributed by atoms with E-state index in [0.717, 1.165) is 25.6 Å². The molecule has 3 rings (SSSR count). The van der Waals surface area contributed by atoms with Gasteiger partial charge in [-0.1, -0.05) is 24.5 Å². The van der Waals surface area contributed by atoms with Crippen LogP contribution in [0.4, 0.5) is 0 Å². The molecule has 0 amide bonds. The molecule has 0 saturated carbocycles. The minimum atomic E-state index is -4.55. The summed E-state index contributed by atoms with van der Waals surface area (Å²) >= 11 is 0. The van der Waals surface area contributed by atoms with Crippen molar-refractivity contribution in [3.05, 3.63) is 11.9 Å². The molecule has 6 unspecified atom stereocenters. The molecule has 0 radical (unpaired) electrons. The normalized spacial score (nSPS) is 28.0. The first kappa shape index (κ1) is 55.4. The Hall–Kier alpha value is -0.910. The van der Waals surface area contributed by atoms with Crippen molar-refractivity contribution in [1.29, 1.82) is 0 Å². The number of Topliss-reactive ketones (excluding diaryl/α,β-unsaturated/α-hetero) is 1. The molecule has 2 fully saturated rings. The Morgan fingerprint density at radius 1 is 0.661 bits per heavy atom. The van der Waals surface area contributed by atoms with Crippen molar-refractivity contribution >= 4 is 37.1 Å². The van der Waals surface area contributed by atoms with Crippen LogP contribution in [0.25, 0.3) is 0 Å². The fourth-order valence-electron chi connectivity index (χ4n) is 6.80. The molecule has 1 aromatic heterocycles. The first-order valence-corrected chi connectivity index (χ1v) is 26.5. The SMILES string of the molecule is CCOP(=O)(O)OC[C@H]1O[C@@H](C)[C@@H](OC)C1OP(=O)(O)OCCCCCCCC(=O)CCCn1cc(CCCCOP(=O)(O)OC[C@H]2O[C@@H](C)[C@@H](OC)C2OP(=O)(O)OC)nn1. The van der Waals surface area contributed by atoms with Crippen LogP contribution in [-0.2, 0) is 91.2 Å². The van der Waals surface area contributed by atoms with E-state index in [-0.39, 0.29) is 25.6 Å². The van der Waals surface area contributed by atoms with Crippen LogP contribution in [-0.4, -0.2) is 144 Å². The third-order valence-corrected chi connectivity index (χ3v) is 13.9. The molecule has 2 aliphatic rings. The smallest absolute Gasteiger partial charge is 0.376 e. The van der Waals surface area contributed by atoms with Gasteiger partial charge in [0.25, 0.3) is 0 Å². The van der Waals surface area contributed by atoms with Gasteiger partial charge in [0.15, 0.2) is 0 Å². The number of unbranched alkanes of at least 4 members (excludes halogenated alkanes) is 5. The Bertz CT molecular complexity index is 1680. The minimum Gasteiger partial charge on any atom is -0.376 e. The average molecular weight is 976 g/mol. The molecular formula is C34H65N3O21P4. The maximum Gasteiger partial charge on any atom is 0.472 e. The lowest BCUT2D eigenvalue weighted by Gasteiger charge is -2.25. The number of aromatic nitrogens is 3. The standard InChI is InChI=1S/C34H65N3O21P4/c1-7-50-60(41,42)53-23-30-34(32(48-5)26(3)56-30)58-62(45,46)52-20-13-10-8-9-11-17-28(38)18-15-19-37-22-27(35-36-37)16-12-14-21-51-61(43,44)54-24-29-33(57-59(39,40)49-6)31(47-4)25(2)55-29/h22,25-26,29-34H,7-21,23-24H2,1-6H3,(H,39,40)(H,41,42)(H,43,44)(H,45,46)/t25-,26-,29+,30+,31+,32+,33?,34?/m0/s1. The highest BCUT2D eigenvalue weighted by Crippen LogP contribution is 2.50. The number of carbonyl (C=O) groups excluding carboxylic acids is 1. The molecule has 362 valence electrons. The second-order valence-electron chi connectivity index (χ2n) is 14.6. The summed E-state index contributed by atoms with van der Waals surface area (Å²) in [5.74, 6) is 0.139. The van der Waals surface area contributed by atoms with Crippen LogP contribution in [0.2, 0.25) is 0 Å². The molecule has 0 aromatic carbocycles. The van der Waals surface area contributed by atoms with E-state index in [9.17, 15) is 42.6 Å². The summed E-state index contributed by atoms with van der Waals surface area (Å²) < 4.78 is 113. The van der Waals surface area contributed by atoms with Crippen LogP contribution in [0.15, 0.2) is 6.20 Å². The molecule has 0 aliphatic carbocycles. The number of ether oxygens (including phenoxy) is 4. The summed E-state index contributed by atoms with van der Waals surface area (Å²) in [5, 5.41) is 8.25. The van der Waals surface area contributed by atoms with Gasteiger partial charge in [-0.2, -0.15) is 0 Å². The summed E-state index contributed by atoms with van der Waals surface area (Å²) in [7, 11) is -14.0. The maximum absolute atomic E-state index is 12.7. The fraction of sp³-hybridized carbons (Fsp3) is 0.912. The monoisotopic (exact) mass is 975 g/mol. The maximum atomic E-state index is 12.7. The van der Waals surface area contributed by atoms with Gasteiger partial charge in [0.1, 0.15) is 42.4 Å². The summed E-state index contributed by atoms with van der Waals surface area (Å²) in [4.78, 5) is 52.4. The van der Waals surface area contributed by atoms with E-state index in [4.69, 9.17) is 46.1 Å². The Morgan fingerprint density at radius 3 is 1.73 bits per heavy atom. The fourth-order valence-corrected chi connectivity index (χ4v) is 9.94. The average Bonchev–Trinajstić information content (AvgIpc) is 3.87. The Labute approximate surface area is 362 Å². The van der Waals surface area contributed by atoms with Gasteiger partial charge in [-0.05, 0) is 59.3 Å². The number of rotatable bonds is 34. The van der Waals surface area contributed by atoms with Gasteiger partial charge in [-0.15, -0.1) is 5.10 Å². The predicted octanol–water partition coefficient (Wildman–Crippen LogP) is 4.82. The highest BCUT2D eigenvalue weighted by Gasteiger charge is 2.49. The van der Waals surface area contributed by atoms with Crippen LogP contribution in [0, 0.1) is 0 Å². The second kappa shape index (κ2) is 27.0. The number of phosphoric ester groups is 4. The number of ketones is 1. The number of nitrogens with zero attached hydrogens (tertiary/aromatic N) is 3. The predicted molar refractivity (Wildman–Crippen MR) is 217 cm³/mol. The van der Waals surface area contributed by atoms with Gasteiger partial charge in [-0.25, -0.2) is 18.3 Å². The van der Waals surface area contributed by atoms with Crippen molar-refractivity contribution in [2.45, 2.75) is 147 Å². The first-order valence-electron chi connectivity index (χ1n) is 20.5. The van der Waals surface area contributed by atoms with Crippen molar-refractivity contribution in [2.24, 2.45) is 0 Å².